The first-order valence-electron chi connectivity index (χ1n) is 10.1. The molecule has 5 N–H and O–H groups in total. The summed E-state index contributed by atoms with van der Waals surface area (Å²) in [5, 5.41) is 33.1. The summed E-state index contributed by atoms with van der Waals surface area (Å²) in [6.45, 7) is 1.38. The molecule has 0 heterocycles. The lowest BCUT2D eigenvalue weighted by Gasteiger charge is -2.38. The number of aromatic hydroxyl groups is 2. The molecule has 2 aliphatic rings. The number of rotatable bonds is 5. The minimum absolute atomic E-state index is 0.0142. The molecule has 9 heteroatoms. The van der Waals surface area contributed by atoms with Crippen molar-refractivity contribution in [3.8, 4) is 17.2 Å². The zero-order valence-corrected chi connectivity index (χ0v) is 17.6. The monoisotopic (exact) mass is 441 g/mol. The second-order valence-corrected chi connectivity index (χ2v) is 8.00. The van der Waals surface area contributed by atoms with Crippen LogP contribution < -0.4 is 10.5 Å². The molecular weight excluding hydrogens is 418 g/mol. The van der Waals surface area contributed by atoms with Gasteiger partial charge < -0.3 is 30.5 Å². The molecule has 0 bridgehead atoms. The maximum atomic E-state index is 13.4. The van der Waals surface area contributed by atoms with Crippen molar-refractivity contribution in [1.29, 1.82) is 0 Å². The SMILES string of the molecule is COc1cccc2c1C(=O)c1c(O)c3c(c(O)c1C2=O)C[C@@](O)(C(C)=O)C[C@@H]3OCCN. The molecule has 0 unspecified atom stereocenters. The highest BCUT2D eigenvalue weighted by Crippen LogP contribution is 2.51. The smallest absolute Gasteiger partial charge is 0.202 e. The van der Waals surface area contributed by atoms with Gasteiger partial charge in [-0.3, -0.25) is 14.4 Å². The van der Waals surface area contributed by atoms with Gasteiger partial charge in [-0.15, -0.1) is 0 Å². The molecule has 32 heavy (non-hydrogen) atoms. The zero-order chi connectivity index (χ0) is 23.4. The minimum atomic E-state index is -1.88. The fraction of sp³-hybridized carbons (Fsp3) is 0.348. The van der Waals surface area contributed by atoms with Gasteiger partial charge in [-0.2, -0.15) is 0 Å². The zero-order valence-electron chi connectivity index (χ0n) is 17.6. The number of Topliss-reactive ketones (excluding diaryl/α,β-unsaturated/α-hetero) is 1. The van der Waals surface area contributed by atoms with Crippen molar-refractivity contribution in [3.05, 3.63) is 51.6 Å². The lowest BCUT2D eigenvalue weighted by atomic mass is 9.72. The van der Waals surface area contributed by atoms with E-state index in [1.807, 2.05) is 0 Å². The molecule has 0 aromatic heterocycles. The number of methoxy groups -OCH3 is 1. The summed E-state index contributed by atoms with van der Waals surface area (Å²) in [6.07, 6.45) is -1.59. The third kappa shape index (κ3) is 3.01. The highest BCUT2D eigenvalue weighted by molar-refractivity contribution is 6.31. The number of ether oxygens (including phenoxy) is 2. The van der Waals surface area contributed by atoms with Crippen molar-refractivity contribution in [3.63, 3.8) is 0 Å². The van der Waals surface area contributed by atoms with Crippen LogP contribution in [0.2, 0.25) is 0 Å². The first-order valence-corrected chi connectivity index (χ1v) is 10.1. The van der Waals surface area contributed by atoms with E-state index in [4.69, 9.17) is 15.2 Å². The number of carbonyl (C=O) groups excluding carboxylic acids is 3. The Kier molecular flexibility index (Phi) is 5.28. The van der Waals surface area contributed by atoms with E-state index < -0.39 is 40.6 Å². The van der Waals surface area contributed by atoms with E-state index in [0.29, 0.717) is 0 Å². The van der Waals surface area contributed by atoms with Crippen molar-refractivity contribution >= 4 is 17.3 Å². The van der Waals surface area contributed by atoms with Gasteiger partial charge in [-0.05, 0) is 13.0 Å². The topological polar surface area (TPSA) is 156 Å². The van der Waals surface area contributed by atoms with Crippen LogP contribution in [0, 0.1) is 0 Å². The molecule has 0 spiro atoms. The lowest BCUT2D eigenvalue weighted by molar-refractivity contribution is -0.141. The van der Waals surface area contributed by atoms with Crippen LogP contribution in [0.3, 0.4) is 0 Å². The molecule has 2 aromatic rings. The van der Waals surface area contributed by atoms with Crippen LogP contribution in [-0.2, 0) is 16.0 Å². The molecule has 0 radical (unpaired) electrons. The fourth-order valence-electron chi connectivity index (χ4n) is 4.54. The van der Waals surface area contributed by atoms with Crippen molar-refractivity contribution < 1.29 is 39.2 Å². The van der Waals surface area contributed by atoms with Gasteiger partial charge in [0.25, 0.3) is 0 Å². The van der Waals surface area contributed by atoms with E-state index in [-0.39, 0.29) is 65.1 Å². The number of phenols is 2. The summed E-state index contributed by atoms with van der Waals surface area (Å²) >= 11 is 0. The maximum Gasteiger partial charge on any atom is 0.202 e. The number of ketones is 3. The number of aliphatic hydroxyl groups is 1. The quantitative estimate of drug-likeness (QED) is 0.427. The molecular formula is C23H23NO8. The third-order valence-corrected chi connectivity index (χ3v) is 6.17. The Labute approximate surface area is 183 Å². The van der Waals surface area contributed by atoms with E-state index >= 15 is 0 Å². The van der Waals surface area contributed by atoms with Gasteiger partial charge in [-0.1, -0.05) is 12.1 Å². The summed E-state index contributed by atoms with van der Waals surface area (Å²) in [7, 11) is 1.35. The Balaban J connectivity index is 2.01. The van der Waals surface area contributed by atoms with Crippen molar-refractivity contribution in [2.75, 3.05) is 20.3 Å². The summed E-state index contributed by atoms with van der Waals surface area (Å²) in [4.78, 5) is 38.8. The van der Waals surface area contributed by atoms with Gasteiger partial charge in [-0.25, -0.2) is 0 Å². The van der Waals surface area contributed by atoms with Crippen LogP contribution in [-0.4, -0.2) is 58.5 Å². The molecule has 0 saturated carbocycles. The molecule has 2 atom stereocenters. The molecule has 2 aliphatic carbocycles. The Morgan fingerprint density at radius 1 is 1.16 bits per heavy atom. The summed E-state index contributed by atoms with van der Waals surface area (Å²) in [5.41, 5.74) is 2.94. The Bertz CT molecular complexity index is 1170. The number of hydrogen-bond acceptors (Lipinski definition) is 9. The largest absolute Gasteiger partial charge is 0.507 e. The summed E-state index contributed by atoms with van der Waals surface area (Å²) < 4.78 is 10.9. The summed E-state index contributed by atoms with van der Waals surface area (Å²) in [6, 6.07) is 4.48. The third-order valence-electron chi connectivity index (χ3n) is 6.17. The normalized spacial score (nSPS) is 21.6. The standard InChI is InChI=1S/C23H23NO8/c1-10(25)23(30)8-12-16(14(9-23)32-7-6-24)22(29)18-17(20(12)27)19(26)11-4-3-5-13(31-2)15(11)21(18)28/h3-5,14,27,29-30H,6-9,24H2,1-2H3/t14-,23-/m0/s1. The van der Waals surface area contributed by atoms with Crippen molar-refractivity contribution in [1.82, 2.24) is 0 Å². The highest BCUT2D eigenvalue weighted by Gasteiger charge is 2.48. The van der Waals surface area contributed by atoms with Gasteiger partial charge in [0.15, 0.2) is 11.6 Å². The van der Waals surface area contributed by atoms with Crippen LogP contribution in [0.4, 0.5) is 0 Å². The predicted molar refractivity (Wildman–Crippen MR) is 111 cm³/mol. The van der Waals surface area contributed by atoms with Gasteiger partial charge >= 0.3 is 0 Å². The van der Waals surface area contributed by atoms with Gasteiger partial charge in [0.2, 0.25) is 5.78 Å². The summed E-state index contributed by atoms with van der Waals surface area (Å²) in [5.74, 6) is -2.87. The second kappa shape index (κ2) is 7.70. The van der Waals surface area contributed by atoms with E-state index in [2.05, 4.69) is 0 Å². The molecule has 0 amide bonds. The van der Waals surface area contributed by atoms with E-state index in [1.54, 1.807) is 0 Å². The predicted octanol–water partition coefficient (Wildman–Crippen LogP) is 1.16. The van der Waals surface area contributed by atoms with E-state index in [0.717, 1.165) is 0 Å². The minimum Gasteiger partial charge on any atom is -0.507 e. The number of nitrogens with two attached hydrogens (primary N) is 1. The molecule has 168 valence electrons. The maximum absolute atomic E-state index is 13.4. The molecule has 2 aromatic carbocycles. The average Bonchev–Trinajstić information content (AvgIpc) is 2.77. The Morgan fingerprint density at radius 3 is 2.47 bits per heavy atom. The number of hydrogen-bond donors (Lipinski definition) is 4. The second-order valence-electron chi connectivity index (χ2n) is 8.00. The van der Waals surface area contributed by atoms with Crippen molar-refractivity contribution in [2.24, 2.45) is 5.73 Å². The fourth-order valence-corrected chi connectivity index (χ4v) is 4.54. The Morgan fingerprint density at radius 2 is 1.84 bits per heavy atom. The van der Waals surface area contributed by atoms with Crippen LogP contribution in [0.25, 0.3) is 0 Å². The number of phenolic OH excluding ortho intramolecular Hbond substituents is 2. The molecule has 4 rings (SSSR count). The number of benzene rings is 2. The lowest BCUT2D eigenvalue weighted by Crippen LogP contribution is -2.45. The van der Waals surface area contributed by atoms with Crippen LogP contribution in [0.5, 0.6) is 17.2 Å². The van der Waals surface area contributed by atoms with Crippen LogP contribution in [0.1, 0.15) is 62.4 Å². The van der Waals surface area contributed by atoms with Gasteiger partial charge in [0.05, 0.1) is 36.5 Å². The van der Waals surface area contributed by atoms with Crippen molar-refractivity contribution in [2.45, 2.75) is 31.5 Å². The number of fused-ring (bicyclic) bond motifs is 3. The van der Waals surface area contributed by atoms with E-state index in [9.17, 15) is 29.7 Å². The van der Waals surface area contributed by atoms with Crippen LogP contribution >= 0.6 is 0 Å². The molecule has 0 aliphatic heterocycles. The Hall–Kier alpha value is -3.27. The highest BCUT2D eigenvalue weighted by atomic mass is 16.5. The number of carbonyl (C=O) groups is 3. The van der Waals surface area contributed by atoms with Crippen LogP contribution in [0.15, 0.2) is 18.2 Å². The molecule has 0 saturated heterocycles. The first-order chi connectivity index (χ1) is 15.2. The molecule has 0 fully saturated rings. The first kappa shape index (κ1) is 21.9. The molecule has 9 nitrogen and oxygen atoms in total. The average molecular weight is 441 g/mol. The van der Waals surface area contributed by atoms with E-state index in [1.165, 1.54) is 32.2 Å². The van der Waals surface area contributed by atoms with Gasteiger partial charge in [0.1, 0.15) is 22.8 Å². The van der Waals surface area contributed by atoms with Gasteiger partial charge in [0, 0.05) is 36.1 Å².